The number of halogens is 1. The lowest BCUT2D eigenvalue weighted by Crippen LogP contribution is -2.46. The number of pyridine rings is 1. The third-order valence-corrected chi connectivity index (χ3v) is 4.23. The second-order valence-electron chi connectivity index (χ2n) is 6.03. The number of nitrogens with zero attached hydrogens (tertiary/aromatic N) is 4. The maximum atomic E-state index is 10.4. The number of aliphatic imine (C=N–C) groups is 1. The van der Waals surface area contributed by atoms with E-state index in [1.165, 1.54) is 0 Å². The van der Waals surface area contributed by atoms with Gasteiger partial charge in [-0.2, -0.15) is 0 Å². The first-order valence-electron chi connectivity index (χ1n) is 8.23. The van der Waals surface area contributed by atoms with Crippen LogP contribution in [0.2, 0.25) is 0 Å². The number of nitrogens with one attached hydrogen (secondary N) is 2. The molecule has 1 aliphatic carbocycles. The fraction of sp³-hybridized carbons (Fsp3) is 0.562. The van der Waals surface area contributed by atoms with Gasteiger partial charge in [-0.05, 0) is 31.9 Å². The van der Waals surface area contributed by atoms with E-state index >= 15 is 0 Å². The standard InChI is InChI=1S/C16H24N6O.HI/c1-2-17-15(19-12-16(23)8-4-5-9-16)18-11-14-21-20-13-7-3-6-10-22(13)14;/h3,6-7,10,23H,2,4-5,8-9,11-12H2,1H3,(H2,17,18,19);1H. The summed E-state index contributed by atoms with van der Waals surface area (Å²) in [5, 5.41) is 25.2. The normalized spacial score (nSPS) is 16.8. The van der Waals surface area contributed by atoms with Gasteiger partial charge in [0.1, 0.15) is 6.54 Å². The summed E-state index contributed by atoms with van der Waals surface area (Å²) in [4.78, 5) is 4.56. The molecule has 24 heavy (non-hydrogen) atoms. The third kappa shape index (κ3) is 4.56. The van der Waals surface area contributed by atoms with Crippen molar-refractivity contribution < 1.29 is 5.11 Å². The molecule has 0 amide bonds. The van der Waals surface area contributed by atoms with Gasteiger partial charge in [0.05, 0.1) is 5.60 Å². The highest BCUT2D eigenvalue weighted by Gasteiger charge is 2.30. The summed E-state index contributed by atoms with van der Waals surface area (Å²) in [6, 6.07) is 5.80. The highest BCUT2D eigenvalue weighted by molar-refractivity contribution is 14.0. The lowest BCUT2D eigenvalue weighted by molar-refractivity contribution is 0.0522. The van der Waals surface area contributed by atoms with Crippen LogP contribution in [0, 0.1) is 0 Å². The van der Waals surface area contributed by atoms with E-state index in [9.17, 15) is 5.11 Å². The first kappa shape index (κ1) is 18.9. The zero-order chi connectivity index (χ0) is 16.1. The van der Waals surface area contributed by atoms with E-state index in [1.807, 2.05) is 35.7 Å². The van der Waals surface area contributed by atoms with Gasteiger partial charge in [-0.1, -0.05) is 18.9 Å². The Balaban J connectivity index is 0.00000208. The van der Waals surface area contributed by atoms with Crippen LogP contribution >= 0.6 is 24.0 Å². The summed E-state index contributed by atoms with van der Waals surface area (Å²) in [7, 11) is 0. The Morgan fingerprint density at radius 1 is 1.29 bits per heavy atom. The number of fused-ring (bicyclic) bond motifs is 1. The molecule has 8 heteroatoms. The molecule has 0 saturated heterocycles. The van der Waals surface area contributed by atoms with Crippen molar-refractivity contribution in [2.24, 2.45) is 4.99 Å². The molecule has 1 fully saturated rings. The van der Waals surface area contributed by atoms with E-state index in [4.69, 9.17) is 0 Å². The predicted octanol–water partition coefficient (Wildman–Crippen LogP) is 1.71. The second kappa shape index (κ2) is 8.61. The summed E-state index contributed by atoms with van der Waals surface area (Å²) in [5.74, 6) is 1.48. The van der Waals surface area contributed by atoms with E-state index < -0.39 is 5.60 Å². The van der Waals surface area contributed by atoms with Crippen LogP contribution in [0.1, 0.15) is 38.4 Å². The van der Waals surface area contributed by atoms with Crippen LogP contribution in [0.3, 0.4) is 0 Å². The SMILES string of the molecule is CCNC(=NCc1nnc2ccccn12)NCC1(O)CCCC1.I. The zero-order valence-corrected chi connectivity index (χ0v) is 16.2. The molecular formula is C16H25IN6O. The van der Waals surface area contributed by atoms with Crippen LogP contribution in [0.4, 0.5) is 0 Å². The lowest BCUT2D eigenvalue weighted by Gasteiger charge is -2.23. The van der Waals surface area contributed by atoms with Crippen LogP contribution in [0.25, 0.3) is 5.65 Å². The largest absolute Gasteiger partial charge is 0.388 e. The predicted molar refractivity (Wildman–Crippen MR) is 105 cm³/mol. The number of hydrogen-bond donors (Lipinski definition) is 3. The first-order valence-corrected chi connectivity index (χ1v) is 8.23. The lowest BCUT2D eigenvalue weighted by atomic mass is 10.0. The van der Waals surface area contributed by atoms with Crippen molar-refractivity contribution >= 4 is 35.6 Å². The Morgan fingerprint density at radius 2 is 2.08 bits per heavy atom. The van der Waals surface area contributed by atoms with Gasteiger partial charge >= 0.3 is 0 Å². The Hall–Kier alpha value is -1.42. The molecule has 132 valence electrons. The number of guanidine groups is 1. The van der Waals surface area contributed by atoms with Crippen LogP contribution in [-0.2, 0) is 6.54 Å². The quantitative estimate of drug-likeness (QED) is 0.372. The van der Waals surface area contributed by atoms with Crippen molar-refractivity contribution in [3.05, 3.63) is 30.2 Å². The van der Waals surface area contributed by atoms with E-state index in [0.29, 0.717) is 19.0 Å². The Morgan fingerprint density at radius 3 is 2.83 bits per heavy atom. The van der Waals surface area contributed by atoms with Gasteiger partial charge in [-0.15, -0.1) is 34.2 Å². The van der Waals surface area contributed by atoms with Gasteiger partial charge in [0.15, 0.2) is 17.4 Å². The van der Waals surface area contributed by atoms with Gasteiger partial charge in [0.2, 0.25) is 0 Å². The summed E-state index contributed by atoms with van der Waals surface area (Å²) in [6.45, 7) is 3.75. The number of hydrogen-bond acceptors (Lipinski definition) is 4. The number of aliphatic hydroxyl groups is 1. The average Bonchev–Trinajstić information content (AvgIpc) is 3.17. The van der Waals surface area contributed by atoms with Crippen LogP contribution < -0.4 is 10.6 Å². The van der Waals surface area contributed by atoms with Gasteiger partial charge in [-0.25, -0.2) is 4.99 Å². The Labute approximate surface area is 159 Å². The molecule has 0 bridgehead atoms. The minimum absolute atomic E-state index is 0. The average molecular weight is 444 g/mol. The van der Waals surface area contributed by atoms with Crippen LogP contribution in [0.5, 0.6) is 0 Å². The molecule has 2 heterocycles. The van der Waals surface area contributed by atoms with Crippen molar-refractivity contribution in [3.63, 3.8) is 0 Å². The van der Waals surface area contributed by atoms with Gasteiger partial charge in [0.25, 0.3) is 0 Å². The van der Waals surface area contributed by atoms with Gasteiger partial charge < -0.3 is 15.7 Å². The molecule has 1 saturated carbocycles. The van der Waals surface area contributed by atoms with Crippen LogP contribution in [-0.4, -0.2) is 44.4 Å². The Kier molecular flexibility index (Phi) is 6.79. The molecule has 2 aromatic heterocycles. The summed E-state index contributed by atoms with van der Waals surface area (Å²) >= 11 is 0. The van der Waals surface area contributed by atoms with E-state index in [-0.39, 0.29) is 24.0 Å². The van der Waals surface area contributed by atoms with E-state index in [0.717, 1.165) is 43.7 Å². The molecule has 0 aromatic carbocycles. The minimum atomic E-state index is -0.599. The van der Waals surface area contributed by atoms with E-state index in [2.05, 4.69) is 25.8 Å². The van der Waals surface area contributed by atoms with Crippen molar-refractivity contribution in [2.75, 3.05) is 13.1 Å². The molecule has 2 aromatic rings. The van der Waals surface area contributed by atoms with Gasteiger partial charge in [-0.3, -0.25) is 4.40 Å². The zero-order valence-electron chi connectivity index (χ0n) is 13.9. The number of rotatable bonds is 5. The molecule has 0 spiro atoms. The molecule has 3 rings (SSSR count). The van der Waals surface area contributed by atoms with E-state index in [1.54, 1.807) is 0 Å². The molecule has 0 radical (unpaired) electrons. The highest BCUT2D eigenvalue weighted by Crippen LogP contribution is 2.28. The van der Waals surface area contributed by atoms with Crippen molar-refractivity contribution in [1.29, 1.82) is 0 Å². The second-order valence-corrected chi connectivity index (χ2v) is 6.03. The fourth-order valence-electron chi connectivity index (χ4n) is 2.95. The fourth-order valence-corrected chi connectivity index (χ4v) is 2.95. The highest BCUT2D eigenvalue weighted by atomic mass is 127. The first-order chi connectivity index (χ1) is 11.2. The van der Waals surface area contributed by atoms with Crippen molar-refractivity contribution in [2.45, 2.75) is 44.8 Å². The maximum absolute atomic E-state index is 10.4. The molecule has 0 atom stereocenters. The topological polar surface area (TPSA) is 86.8 Å². The Bertz CT molecular complexity index is 680. The maximum Gasteiger partial charge on any atom is 0.191 e. The van der Waals surface area contributed by atoms with Crippen molar-refractivity contribution in [3.8, 4) is 0 Å². The molecule has 1 aliphatic rings. The molecule has 0 aliphatic heterocycles. The monoisotopic (exact) mass is 444 g/mol. The molecule has 0 unspecified atom stereocenters. The number of aromatic nitrogens is 3. The van der Waals surface area contributed by atoms with Crippen molar-refractivity contribution in [1.82, 2.24) is 25.2 Å². The molecule has 3 N–H and O–H groups in total. The third-order valence-electron chi connectivity index (χ3n) is 4.23. The smallest absolute Gasteiger partial charge is 0.191 e. The summed E-state index contributed by atoms with van der Waals surface area (Å²) in [6.07, 6.45) is 5.83. The summed E-state index contributed by atoms with van der Waals surface area (Å²) < 4.78 is 1.93. The molecule has 7 nitrogen and oxygen atoms in total. The minimum Gasteiger partial charge on any atom is -0.388 e. The van der Waals surface area contributed by atoms with Crippen LogP contribution in [0.15, 0.2) is 29.4 Å². The molecular weight excluding hydrogens is 419 g/mol. The summed E-state index contributed by atoms with van der Waals surface area (Å²) in [5.41, 5.74) is 0.216. The van der Waals surface area contributed by atoms with Gasteiger partial charge in [0, 0.05) is 19.3 Å².